The molecule has 76 valence electrons. The molecule has 0 atom stereocenters. The number of hydrogen-bond acceptors (Lipinski definition) is 3. The van der Waals surface area contributed by atoms with Crippen LogP contribution < -0.4 is 4.72 Å². The fourth-order valence-corrected chi connectivity index (χ4v) is 2.77. The molecule has 0 radical (unpaired) electrons. The van der Waals surface area contributed by atoms with Crippen LogP contribution in [0.15, 0.2) is 23.1 Å². The molecule has 2 N–H and O–H groups in total. The minimum atomic E-state index is -1.06. The van der Waals surface area contributed by atoms with Crippen molar-refractivity contribution in [1.29, 1.82) is 0 Å². The van der Waals surface area contributed by atoms with Crippen molar-refractivity contribution in [3.05, 3.63) is 28.8 Å². The lowest BCUT2D eigenvalue weighted by Gasteiger charge is -2.03. The second-order valence-electron chi connectivity index (χ2n) is 2.51. The van der Waals surface area contributed by atoms with Crippen molar-refractivity contribution < 1.29 is 9.90 Å². The zero-order valence-corrected chi connectivity index (χ0v) is 9.67. The number of hydrogen-bond donors (Lipinski definition) is 2. The molecule has 0 aliphatic rings. The second kappa shape index (κ2) is 5.38. The van der Waals surface area contributed by atoms with Gasteiger partial charge in [-0.15, -0.1) is 0 Å². The minimum Gasteiger partial charge on any atom is -0.464 e. The van der Waals surface area contributed by atoms with Crippen molar-refractivity contribution >= 4 is 39.5 Å². The van der Waals surface area contributed by atoms with Crippen molar-refractivity contribution in [1.82, 2.24) is 4.72 Å². The number of halogens is 1. The third-order valence-electron chi connectivity index (χ3n) is 1.35. The highest BCUT2D eigenvalue weighted by Gasteiger charge is 2.02. The van der Waals surface area contributed by atoms with E-state index in [2.05, 4.69) is 4.72 Å². The average molecular weight is 250 g/mol. The Kier molecular flexibility index (Phi) is 4.44. The summed E-state index contributed by atoms with van der Waals surface area (Å²) >= 11 is 5.94. The van der Waals surface area contributed by atoms with Gasteiger partial charge in [0.05, 0.1) is 5.02 Å². The average Bonchev–Trinajstić information content (AvgIpc) is 2.08. The van der Waals surface area contributed by atoms with Crippen LogP contribution in [0.4, 0.5) is 4.79 Å². The summed E-state index contributed by atoms with van der Waals surface area (Å²) in [5, 5.41) is 8.96. The van der Waals surface area contributed by atoms with E-state index >= 15 is 0 Å². The van der Waals surface area contributed by atoms with Gasteiger partial charge >= 0.3 is 6.09 Å². The number of rotatable bonds is 3. The smallest absolute Gasteiger partial charge is 0.415 e. The summed E-state index contributed by atoms with van der Waals surface area (Å²) in [4.78, 5) is 11.0. The molecule has 1 rings (SSSR count). The number of carbonyl (C=O) groups is 1. The van der Waals surface area contributed by atoms with Crippen LogP contribution in [0.1, 0.15) is 5.56 Å². The predicted molar refractivity (Wildman–Crippen MR) is 60.8 cm³/mol. The molecule has 0 aliphatic carbocycles. The molecule has 0 unspecified atom stereocenters. The quantitative estimate of drug-likeness (QED) is 0.635. The van der Waals surface area contributed by atoms with Crippen molar-refractivity contribution in [3.8, 4) is 0 Å². The number of amides is 1. The summed E-state index contributed by atoms with van der Waals surface area (Å²) < 4.78 is 2.17. The Labute approximate surface area is 94.8 Å². The van der Waals surface area contributed by atoms with Gasteiger partial charge in [-0.25, -0.2) is 4.79 Å². The Morgan fingerprint density at radius 1 is 1.57 bits per heavy atom. The lowest BCUT2D eigenvalue weighted by molar-refractivity contribution is 0.202. The number of carboxylic acid groups (broad SMARTS) is 1. The number of aryl methyl sites for hydroxylation is 1. The first-order valence-electron chi connectivity index (χ1n) is 3.68. The van der Waals surface area contributed by atoms with E-state index in [1.807, 2.05) is 25.1 Å². The van der Waals surface area contributed by atoms with E-state index in [1.54, 1.807) is 0 Å². The second-order valence-corrected chi connectivity index (χ2v) is 4.89. The Morgan fingerprint density at radius 2 is 2.29 bits per heavy atom. The van der Waals surface area contributed by atoms with E-state index in [1.165, 1.54) is 10.8 Å². The molecule has 0 bridgehead atoms. The fraction of sp³-hybridized carbons (Fsp3) is 0.125. The molecular weight excluding hydrogens is 242 g/mol. The lowest BCUT2D eigenvalue weighted by Crippen LogP contribution is -2.09. The maximum atomic E-state index is 10.2. The summed E-state index contributed by atoms with van der Waals surface area (Å²) in [5.74, 6) is 0. The maximum absolute atomic E-state index is 10.2. The van der Waals surface area contributed by atoms with E-state index in [0.717, 1.165) is 21.4 Å². The SMILES string of the molecule is Cc1ccc(SSNC(=O)O)c(Cl)c1. The molecule has 0 saturated heterocycles. The highest BCUT2D eigenvalue weighted by molar-refractivity contribution is 8.76. The minimum absolute atomic E-state index is 0.634. The molecule has 14 heavy (non-hydrogen) atoms. The normalized spacial score (nSPS) is 9.86. The first-order chi connectivity index (χ1) is 6.59. The van der Waals surface area contributed by atoms with Crippen LogP contribution in [0.2, 0.25) is 5.02 Å². The lowest BCUT2D eigenvalue weighted by atomic mass is 10.2. The monoisotopic (exact) mass is 249 g/mol. The van der Waals surface area contributed by atoms with Gasteiger partial charge in [-0.1, -0.05) is 17.7 Å². The van der Waals surface area contributed by atoms with Crippen LogP contribution in [0.25, 0.3) is 0 Å². The molecule has 1 aromatic rings. The van der Waals surface area contributed by atoms with E-state index in [9.17, 15) is 4.79 Å². The van der Waals surface area contributed by atoms with Crippen LogP contribution in [-0.2, 0) is 0 Å². The van der Waals surface area contributed by atoms with Gasteiger partial charge in [0, 0.05) is 15.9 Å². The molecule has 1 amide bonds. The molecule has 0 heterocycles. The van der Waals surface area contributed by atoms with Gasteiger partial charge in [0.25, 0.3) is 0 Å². The third-order valence-corrected chi connectivity index (χ3v) is 3.69. The Hall–Kier alpha value is -0.520. The molecule has 1 aromatic carbocycles. The predicted octanol–water partition coefficient (Wildman–Crippen LogP) is 3.57. The topological polar surface area (TPSA) is 49.3 Å². The largest absolute Gasteiger partial charge is 0.464 e. The number of nitrogens with one attached hydrogen (secondary N) is 1. The molecule has 0 fully saturated rings. The van der Waals surface area contributed by atoms with Gasteiger partial charge in [0.1, 0.15) is 0 Å². The van der Waals surface area contributed by atoms with Crippen molar-refractivity contribution in [3.63, 3.8) is 0 Å². The van der Waals surface area contributed by atoms with Crippen LogP contribution in [-0.4, -0.2) is 11.2 Å². The van der Waals surface area contributed by atoms with Gasteiger partial charge in [-0.2, -0.15) is 0 Å². The zero-order chi connectivity index (χ0) is 10.6. The van der Waals surface area contributed by atoms with E-state index in [4.69, 9.17) is 16.7 Å². The van der Waals surface area contributed by atoms with E-state index < -0.39 is 6.09 Å². The van der Waals surface area contributed by atoms with Crippen LogP contribution in [0.5, 0.6) is 0 Å². The van der Waals surface area contributed by atoms with Crippen molar-refractivity contribution in [2.45, 2.75) is 11.8 Å². The maximum Gasteiger partial charge on any atom is 0.415 e. The van der Waals surface area contributed by atoms with Crippen molar-refractivity contribution in [2.75, 3.05) is 0 Å². The Bertz CT molecular complexity index is 346. The van der Waals surface area contributed by atoms with Gasteiger partial charge < -0.3 is 5.11 Å². The van der Waals surface area contributed by atoms with E-state index in [0.29, 0.717) is 5.02 Å². The van der Waals surface area contributed by atoms with Crippen LogP contribution in [0, 0.1) is 6.92 Å². The zero-order valence-electron chi connectivity index (χ0n) is 7.28. The molecule has 0 saturated carbocycles. The van der Waals surface area contributed by atoms with Gasteiger partial charge in [-0.3, -0.25) is 4.72 Å². The summed E-state index contributed by atoms with van der Waals surface area (Å²) in [6.07, 6.45) is -1.06. The fourth-order valence-electron chi connectivity index (χ4n) is 0.775. The van der Waals surface area contributed by atoms with Crippen molar-refractivity contribution in [2.24, 2.45) is 0 Å². The molecule has 0 aromatic heterocycles. The van der Waals surface area contributed by atoms with Gasteiger partial charge in [0.2, 0.25) is 0 Å². The molecule has 0 aliphatic heterocycles. The summed E-state index contributed by atoms with van der Waals surface area (Å²) in [6.45, 7) is 1.95. The molecule has 0 spiro atoms. The molecule has 3 nitrogen and oxygen atoms in total. The number of benzene rings is 1. The van der Waals surface area contributed by atoms with E-state index in [-0.39, 0.29) is 0 Å². The summed E-state index contributed by atoms with van der Waals surface area (Å²) in [5.41, 5.74) is 1.08. The van der Waals surface area contributed by atoms with Gasteiger partial charge in [0.15, 0.2) is 0 Å². The van der Waals surface area contributed by atoms with Gasteiger partial charge in [-0.05, 0) is 35.4 Å². The molecular formula is C8H8ClNO2S2. The first-order valence-corrected chi connectivity index (χ1v) is 6.21. The van der Waals surface area contributed by atoms with Crippen LogP contribution >= 0.6 is 33.4 Å². The van der Waals surface area contributed by atoms with Crippen LogP contribution in [0.3, 0.4) is 0 Å². The summed E-state index contributed by atoms with van der Waals surface area (Å²) in [6, 6.07) is 5.62. The Morgan fingerprint density at radius 3 is 2.86 bits per heavy atom. The standard InChI is InChI=1S/C8H8ClNO2S2/c1-5-2-3-7(6(9)4-5)13-14-10-8(11)12/h2-4,10H,1H3,(H,11,12). The highest BCUT2D eigenvalue weighted by atomic mass is 35.5. The highest BCUT2D eigenvalue weighted by Crippen LogP contribution is 2.34. The Balaban J connectivity index is 2.55. The first kappa shape index (κ1) is 11.6. The summed E-state index contributed by atoms with van der Waals surface area (Å²) in [7, 11) is 2.29. The third kappa shape index (κ3) is 3.69. The molecule has 6 heteroatoms.